The molecule has 0 fully saturated rings. The summed E-state index contributed by atoms with van der Waals surface area (Å²) >= 11 is 1.79. The molecule has 1 aromatic heterocycles. The van der Waals surface area contributed by atoms with Gasteiger partial charge in [0, 0.05) is 17.0 Å². The highest BCUT2D eigenvalue weighted by Gasteiger charge is 2.17. The second kappa shape index (κ2) is 6.06. The zero-order valence-corrected chi connectivity index (χ0v) is 14.1. The lowest BCUT2D eigenvalue weighted by atomic mass is 9.99. The van der Waals surface area contributed by atoms with Gasteiger partial charge in [-0.3, -0.25) is 0 Å². The summed E-state index contributed by atoms with van der Waals surface area (Å²) in [5.74, 6) is 0. The fourth-order valence-electron chi connectivity index (χ4n) is 2.72. The molecule has 2 unspecified atom stereocenters. The molecule has 2 aromatic rings. The van der Waals surface area contributed by atoms with Crippen LogP contribution in [0.15, 0.2) is 18.2 Å². The number of aryl methyl sites for hydroxylation is 4. The van der Waals surface area contributed by atoms with E-state index in [9.17, 15) is 0 Å². The summed E-state index contributed by atoms with van der Waals surface area (Å²) in [6.45, 7) is 13.0. The van der Waals surface area contributed by atoms with Gasteiger partial charge in [-0.15, -0.1) is 11.3 Å². The summed E-state index contributed by atoms with van der Waals surface area (Å²) in [7, 11) is 0. The van der Waals surface area contributed by atoms with Crippen LogP contribution < -0.4 is 5.32 Å². The summed E-state index contributed by atoms with van der Waals surface area (Å²) in [4.78, 5) is 5.87. The van der Waals surface area contributed by atoms with Crippen LogP contribution in [-0.4, -0.2) is 4.98 Å². The van der Waals surface area contributed by atoms with E-state index in [4.69, 9.17) is 0 Å². The molecule has 2 atom stereocenters. The van der Waals surface area contributed by atoms with E-state index in [1.54, 1.807) is 11.3 Å². The number of aromatic nitrogens is 1. The molecule has 0 amide bonds. The molecule has 0 spiro atoms. The normalized spacial score (nSPS) is 14.3. The second-order valence-electron chi connectivity index (χ2n) is 5.65. The van der Waals surface area contributed by atoms with Crippen molar-refractivity contribution in [2.75, 3.05) is 0 Å². The van der Waals surface area contributed by atoms with Crippen LogP contribution in [0.25, 0.3) is 0 Å². The standard InChI is InChI=1S/C17H24N2S/c1-10-7-8-11(2)16(9-10)12(3)18-13(4)17-14(5)19-15(6)20-17/h7-9,12-13,18H,1-6H3. The molecular formula is C17H24N2S. The van der Waals surface area contributed by atoms with Gasteiger partial charge >= 0.3 is 0 Å². The average molecular weight is 288 g/mol. The highest BCUT2D eigenvalue weighted by atomic mass is 32.1. The summed E-state index contributed by atoms with van der Waals surface area (Å²) < 4.78 is 0. The van der Waals surface area contributed by atoms with Gasteiger partial charge in [0.1, 0.15) is 0 Å². The van der Waals surface area contributed by atoms with Gasteiger partial charge < -0.3 is 5.32 Å². The predicted molar refractivity (Wildman–Crippen MR) is 87.5 cm³/mol. The molecule has 0 bridgehead atoms. The predicted octanol–water partition coefficient (Wildman–Crippen LogP) is 4.79. The fourth-order valence-corrected chi connectivity index (χ4v) is 3.65. The number of benzene rings is 1. The molecule has 0 radical (unpaired) electrons. The Kier molecular flexibility index (Phi) is 4.61. The third-order valence-electron chi connectivity index (χ3n) is 3.73. The Bertz CT molecular complexity index is 601. The zero-order chi connectivity index (χ0) is 14.9. The maximum absolute atomic E-state index is 4.52. The van der Waals surface area contributed by atoms with E-state index in [-0.39, 0.29) is 0 Å². The van der Waals surface area contributed by atoms with Crippen LogP contribution in [0.3, 0.4) is 0 Å². The van der Waals surface area contributed by atoms with Gasteiger partial charge in [0.25, 0.3) is 0 Å². The molecule has 1 aromatic carbocycles. The largest absolute Gasteiger partial charge is 0.303 e. The lowest BCUT2D eigenvalue weighted by molar-refractivity contribution is 0.496. The number of thiazole rings is 1. The molecule has 0 aliphatic carbocycles. The third-order valence-corrected chi connectivity index (χ3v) is 4.99. The van der Waals surface area contributed by atoms with E-state index in [0.717, 1.165) is 10.7 Å². The smallest absolute Gasteiger partial charge is 0.0900 e. The fraction of sp³-hybridized carbons (Fsp3) is 0.471. The van der Waals surface area contributed by atoms with Crippen molar-refractivity contribution in [1.29, 1.82) is 0 Å². The molecule has 1 heterocycles. The molecule has 1 N–H and O–H groups in total. The molecular weight excluding hydrogens is 264 g/mol. The molecule has 0 aliphatic heterocycles. The number of hydrogen-bond acceptors (Lipinski definition) is 3. The van der Waals surface area contributed by atoms with E-state index in [0.29, 0.717) is 12.1 Å². The van der Waals surface area contributed by atoms with Gasteiger partial charge in [-0.25, -0.2) is 4.98 Å². The van der Waals surface area contributed by atoms with Crippen LogP contribution in [0.4, 0.5) is 0 Å². The van der Waals surface area contributed by atoms with Gasteiger partial charge in [0.2, 0.25) is 0 Å². The Morgan fingerprint density at radius 1 is 1.05 bits per heavy atom. The Morgan fingerprint density at radius 3 is 2.35 bits per heavy atom. The van der Waals surface area contributed by atoms with E-state index in [1.165, 1.54) is 21.6 Å². The van der Waals surface area contributed by atoms with Crippen molar-refractivity contribution >= 4 is 11.3 Å². The lowest BCUT2D eigenvalue weighted by Crippen LogP contribution is -2.23. The van der Waals surface area contributed by atoms with Crippen LogP contribution in [0.5, 0.6) is 0 Å². The molecule has 2 rings (SSSR count). The Hall–Kier alpha value is -1.19. The number of nitrogens with zero attached hydrogens (tertiary/aromatic N) is 1. The van der Waals surface area contributed by atoms with Gasteiger partial charge in [0.15, 0.2) is 0 Å². The molecule has 0 aliphatic rings. The maximum Gasteiger partial charge on any atom is 0.0900 e. The average Bonchev–Trinajstić information content (AvgIpc) is 2.71. The van der Waals surface area contributed by atoms with Crippen LogP contribution >= 0.6 is 11.3 Å². The van der Waals surface area contributed by atoms with Crippen LogP contribution in [0, 0.1) is 27.7 Å². The van der Waals surface area contributed by atoms with Crippen molar-refractivity contribution in [3.05, 3.63) is 50.5 Å². The van der Waals surface area contributed by atoms with Gasteiger partial charge in [0.05, 0.1) is 10.7 Å². The van der Waals surface area contributed by atoms with E-state index < -0.39 is 0 Å². The minimum absolute atomic E-state index is 0.330. The van der Waals surface area contributed by atoms with Crippen molar-refractivity contribution in [3.8, 4) is 0 Å². The van der Waals surface area contributed by atoms with Crippen LogP contribution in [0.1, 0.15) is 58.2 Å². The quantitative estimate of drug-likeness (QED) is 0.875. The van der Waals surface area contributed by atoms with Crippen LogP contribution in [-0.2, 0) is 0 Å². The van der Waals surface area contributed by atoms with Gasteiger partial charge in [-0.2, -0.15) is 0 Å². The Labute approximate surface area is 126 Å². The summed E-state index contributed by atoms with van der Waals surface area (Å²) in [6, 6.07) is 7.33. The summed E-state index contributed by atoms with van der Waals surface area (Å²) in [5.41, 5.74) is 5.20. The van der Waals surface area contributed by atoms with E-state index in [1.807, 2.05) is 0 Å². The first kappa shape index (κ1) is 15.2. The highest BCUT2D eigenvalue weighted by molar-refractivity contribution is 7.11. The SMILES string of the molecule is Cc1ccc(C)c(C(C)NC(C)c2sc(C)nc2C)c1. The molecule has 0 saturated heterocycles. The second-order valence-corrected chi connectivity index (χ2v) is 6.89. The molecule has 2 nitrogen and oxygen atoms in total. The van der Waals surface area contributed by atoms with Crippen molar-refractivity contribution in [3.63, 3.8) is 0 Å². The Balaban J connectivity index is 2.17. The van der Waals surface area contributed by atoms with Crippen LogP contribution in [0.2, 0.25) is 0 Å². The van der Waals surface area contributed by atoms with Crippen molar-refractivity contribution in [2.24, 2.45) is 0 Å². The zero-order valence-electron chi connectivity index (χ0n) is 13.2. The Morgan fingerprint density at radius 2 is 1.75 bits per heavy atom. The van der Waals surface area contributed by atoms with Crippen molar-refractivity contribution < 1.29 is 0 Å². The highest BCUT2D eigenvalue weighted by Crippen LogP contribution is 2.28. The first-order valence-corrected chi connectivity index (χ1v) is 7.97. The first-order valence-electron chi connectivity index (χ1n) is 7.15. The van der Waals surface area contributed by atoms with Crippen molar-refractivity contribution in [1.82, 2.24) is 10.3 Å². The third kappa shape index (κ3) is 3.28. The topological polar surface area (TPSA) is 24.9 Å². The molecule has 0 saturated carbocycles. The number of nitrogens with one attached hydrogen (secondary N) is 1. The van der Waals surface area contributed by atoms with E-state index in [2.05, 4.69) is 70.0 Å². The molecule has 3 heteroatoms. The molecule has 20 heavy (non-hydrogen) atoms. The lowest BCUT2D eigenvalue weighted by Gasteiger charge is -2.22. The van der Waals surface area contributed by atoms with Gasteiger partial charge in [-0.1, -0.05) is 23.8 Å². The van der Waals surface area contributed by atoms with Gasteiger partial charge in [-0.05, 0) is 52.7 Å². The molecule has 108 valence electrons. The van der Waals surface area contributed by atoms with E-state index >= 15 is 0 Å². The van der Waals surface area contributed by atoms with Crippen molar-refractivity contribution in [2.45, 2.75) is 53.6 Å². The first-order chi connectivity index (χ1) is 9.38. The minimum Gasteiger partial charge on any atom is -0.303 e. The maximum atomic E-state index is 4.52. The summed E-state index contributed by atoms with van der Waals surface area (Å²) in [5, 5.41) is 4.85. The number of hydrogen-bond donors (Lipinski definition) is 1. The number of rotatable bonds is 4. The minimum atomic E-state index is 0.330. The summed E-state index contributed by atoms with van der Waals surface area (Å²) in [6.07, 6.45) is 0. The monoisotopic (exact) mass is 288 g/mol.